The lowest BCUT2D eigenvalue weighted by Crippen LogP contribution is -2.32. The molecule has 0 amide bonds. The second-order valence-electron chi connectivity index (χ2n) is 9.83. The normalized spacial score (nSPS) is 15.0. The van der Waals surface area contributed by atoms with Gasteiger partial charge in [0.25, 0.3) is 0 Å². The predicted octanol–water partition coefficient (Wildman–Crippen LogP) is 8.26. The van der Waals surface area contributed by atoms with E-state index in [-0.39, 0.29) is 5.56 Å². The Bertz CT molecular complexity index is 1470. The van der Waals surface area contributed by atoms with Gasteiger partial charge in [0.1, 0.15) is 0 Å². The molecular formula is C32H28F3NO2. The summed E-state index contributed by atoms with van der Waals surface area (Å²) in [6.45, 7) is 6.83. The zero-order chi connectivity index (χ0) is 26.9. The van der Waals surface area contributed by atoms with Crippen molar-refractivity contribution in [1.82, 2.24) is 4.90 Å². The molecule has 0 radical (unpaired) electrons. The van der Waals surface area contributed by atoms with Crippen molar-refractivity contribution in [3.05, 3.63) is 108 Å². The van der Waals surface area contributed by atoms with E-state index in [4.69, 9.17) is 0 Å². The number of alkyl halides is 3. The van der Waals surface area contributed by atoms with Gasteiger partial charge in [-0.2, -0.15) is 13.2 Å². The van der Waals surface area contributed by atoms with Crippen molar-refractivity contribution in [1.29, 1.82) is 0 Å². The maximum absolute atomic E-state index is 13.0. The van der Waals surface area contributed by atoms with E-state index in [1.807, 2.05) is 24.3 Å². The molecule has 0 aromatic heterocycles. The largest absolute Gasteiger partial charge is 0.478 e. The van der Waals surface area contributed by atoms with Gasteiger partial charge >= 0.3 is 12.1 Å². The number of carboxylic acid groups (broad SMARTS) is 1. The van der Waals surface area contributed by atoms with Gasteiger partial charge in [0.05, 0.1) is 11.1 Å². The van der Waals surface area contributed by atoms with Crippen LogP contribution in [-0.2, 0) is 6.18 Å². The lowest BCUT2D eigenvalue weighted by molar-refractivity contribution is -0.137. The second kappa shape index (κ2) is 10.5. The van der Waals surface area contributed by atoms with Crippen molar-refractivity contribution >= 4 is 16.7 Å². The van der Waals surface area contributed by atoms with Gasteiger partial charge < -0.3 is 5.11 Å². The van der Waals surface area contributed by atoms with E-state index < -0.39 is 17.7 Å². The van der Waals surface area contributed by atoms with Gasteiger partial charge in [0.15, 0.2) is 0 Å². The number of carbonyl (C=O) groups is 1. The van der Waals surface area contributed by atoms with Crippen LogP contribution in [0.25, 0.3) is 33.0 Å². The van der Waals surface area contributed by atoms with Crippen molar-refractivity contribution in [3.63, 3.8) is 0 Å². The molecule has 0 saturated carbocycles. The topological polar surface area (TPSA) is 40.5 Å². The fourth-order valence-electron chi connectivity index (χ4n) is 5.33. The number of benzene rings is 4. The van der Waals surface area contributed by atoms with Gasteiger partial charge in [-0.3, -0.25) is 4.90 Å². The molecule has 0 bridgehead atoms. The molecule has 5 rings (SSSR count). The monoisotopic (exact) mass is 515 g/mol. The number of rotatable bonds is 6. The summed E-state index contributed by atoms with van der Waals surface area (Å²) in [4.78, 5) is 14.3. The number of hydrogen-bond donors (Lipinski definition) is 1. The zero-order valence-corrected chi connectivity index (χ0v) is 20.8. The molecule has 0 atom stereocenters. The molecule has 38 heavy (non-hydrogen) atoms. The standard InChI is InChI=1S/C32H28F3NO2/c1-2-15-36-16-13-23(14-17-36)21-3-5-24(6-4-21)30-20-27(31(37)38)19-26-18-25(9-12-29(26)30)22-7-10-28(11-8-22)32(33,34)35/h2-12,18-20,23H,1,13-17H2,(H,37,38). The fourth-order valence-corrected chi connectivity index (χ4v) is 5.33. The third kappa shape index (κ3) is 5.36. The van der Waals surface area contributed by atoms with Gasteiger partial charge in [-0.25, -0.2) is 4.79 Å². The quantitative estimate of drug-likeness (QED) is 0.263. The summed E-state index contributed by atoms with van der Waals surface area (Å²) < 4.78 is 38.9. The van der Waals surface area contributed by atoms with Crippen LogP contribution in [0.15, 0.2) is 91.5 Å². The molecule has 194 valence electrons. The Morgan fingerprint density at radius 2 is 1.53 bits per heavy atom. The van der Waals surface area contributed by atoms with Crippen LogP contribution in [0, 0.1) is 0 Å². The van der Waals surface area contributed by atoms with Gasteiger partial charge in [-0.05, 0) is 101 Å². The van der Waals surface area contributed by atoms with E-state index in [1.165, 1.54) is 17.7 Å². The number of hydrogen-bond acceptors (Lipinski definition) is 2. The van der Waals surface area contributed by atoms with Gasteiger partial charge in [-0.15, -0.1) is 6.58 Å². The first kappa shape index (κ1) is 25.7. The average molecular weight is 516 g/mol. The number of likely N-dealkylation sites (tertiary alicyclic amines) is 1. The predicted molar refractivity (Wildman–Crippen MR) is 145 cm³/mol. The van der Waals surface area contributed by atoms with Crippen LogP contribution >= 0.6 is 0 Å². The Morgan fingerprint density at radius 1 is 0.895 bits per heavy atom. The Hall–Kier alpha value is -3.90. The summed E-state index contributed by atoms with van der Waals surface area (Å²) >= 11 is 0. The Kier molecular flexibility index (Phi) is 7.09. The number of carboxylic acids is 1. The Morgan fingerprint density at radius 3 is 2.13 bits per heavy atom. The molecule has 1 N–H and O–H groups in total. The van der Waals surface area contributed by atoms with Crippen molar-refractivity contribution in [2.24, 2.45) is 0 Å². The number of halogens is 3. The van der Waals surface area contributed by atoms with Crippen LogP contribution in [0.5, 0.6) is 0 Å². The van der Waals surface area contributed by atoms with Crippen molar-refractivity contribution in [3.8, 4) is 22.3 Å². The minimum absolute atomic E-state index is 0.163. The number of aromatic carboxylic acids is 1. The van der Waals surface area contributed by atoms with Gasteiger partial charge in [0, 0.05) is 6.54 Å². The molecule has 0 aliphatic carbocycles. The summed E-state index contributed by atoms with van der Waals surface area (Å²) in [5.74, 6) is -0.533. The fraction of sp³-hybridized carbons (Fsp3) is 0.219. The van der Waals surface area contributed by atoms with Crippen molar-refractivity contribution in [2.75, 3.05) is 19.6 Å². The minimum atomic E-state index is -4.40. The summed E-state index contributed by atoms with van der Waals surface area (Å²) in [6, 6.07) is 22.3. The summed E-state index contributed by atoms with van der Waals surface area (Å²) in [6.07, 6.45) is -0.266. The van der Waals surface area contributed by atoms with Crippen LogP contribution in [0.1, 0.15) is 40.2 Å². The molecular weight excluding hydrogens is 487 g/mol. The molecule has 6 heteroatoms. The highest BCUT2D eigenvalue weighted by atomic mass is 19.4. The summed E-state index contributed by atoms with van der Waals surface area (Å²) in [5.41, 5.74) is 3.83. The van der Waals surface area contributed by atoms with E-state index in [1.54, 1.807) is 12.1 Å². The lowest BCUT2D eigenvalue weighted by atomic mass is 9.87. The van der Waals surface area contributed by atoms with Gasteiger partial charge in [-0.1, -0.05) is 54.6 Å². The number of fused-ring (bicyclic) bond motifs is 1. The van der Waals surface area contributed by atoms with E-state index in [9.17, 15) is 23.1 Å². The third-order valence-corrected chi connectivity index (χ3v) is 7.41. The van der Waals surface area contributed by atoms with E-state index in [2.05, 4.69) is 35.7 Å². The minimum Gasteiger partial charge on any atom is -0.478 e. The van der Waals surface area contributed by atoms with Crippen LogP contribution in [0.4, 0.5) is 13.2 Å². The van der Waals surface area contributed by atoms with Crippen LogP contribution in [0.2, 0.25) is 0 Å². The van der Waals surface area contributed by atoms with Crippen LogP contribution in [-0.4, -0.2) is 35.6 Å². The van der Waals surface area contributed by atoms with E-state index in [0.717, 1.165) is 72.1 Å². The number of nitrogens with zero attached hydrogens (tertiary/aromatic N) is 1. The van der Waals surface area contributed by atoms with E-state index in [0.29, 0.717) is 11.5 Å². The van der Waals surface area contributed by atoms with Crippen molar-refractivity contribution < 1.29 is 23.1 Å². The molecule has 4 aromatic carbocycles. The highest BCUT2D eigenvalue weighted by Crippen LogP contribution is 2.36. The molecule has 1 fully saturated rings. The Balaban J connectivity index is 1.47. The molecule has 0 unspecified atom stereocenters. The Labute approximate surface area is 219 Å². The zero-order valence-electron chi connectivity index (χ0n) is 20.8. The highest BCUT2D eigenvalue weighted by Gasteiger charge is 2.30. The van der Waals surface area contributed by atoms with Crippen LogP contribution in [0.3, 0.4) is 0 Å². The molecule has 1 heterocycles. The SMILES string of the molecule is C=CCN1CCC(c2ccc(-c3cc(C(=O)O)cc4cc(-c5ccc(C(F)(F)F)cc5)ccc34)cc2)CC1. The van der Waals surface area contributed by atoms with E-state index >= 15 is 0 Å². The first-order valence-electron chi connectivity index (χ1n) is 12.7. The van der Waals surface area contributed by atoms with Gasteiger partial charge in [0.2, 0.25) is 0 Å². The maximum Gasteiger partial charge on any atom is 0.416 e. The van der Waals surface area contributed by atoms with Crippen LogP contribution < -0.4 is 0 Å². The van der Waals surface area contributed by atoms with Crippen molar-refractivity contribution in [2.45, 2.75) is 24.9 Å². The first-order chi connectivity index (χ1) is 18.2. The highest BCUT2D eigenvalue weighted by molar-refractivity contribution is 6.04. The molecule has 4 aromatic rings. The summed E-state index contributed by atoms with van der Waals surface area (Å²) in [5, 5.41) is 11.4. The molecule has 1 aliphatic heterocycles. The number of piperidine rings is 1. The maximum atomic E-state index is 13.0. The second-order valence-corrected chi connectivity index (χ2v) is 9.83. The first-order valence-corrected chi connectivity index (χ1v) is 12.7. The molecule has 0 spiro atoms. The summed E-state index contributed by atoms with van der Waals surface area (Å²) in [7, 11) is 0. The lowest BCUT2D eigenvalue weighted by Gasteiger charge is -2.31. The molecule has 3 nitrogen and oxygen atoms in total. The average Bonchev–Trinajstić information content (AvgIpc) is 2.92. The third-order valence-electron chi connectivity index (χ3n) is 7.41. The molecule has 1 aliphatic rings. The molecule has 1 saturated heterocycles. The smallest absolute Gasteiger partial charge is 0.416 e.